The number of carboxylic acid groups (broad SMARTS) is 1. The first kappa shape index (κ1) is 25.2. The monoisotopic (exact) mass is 517 g/mol. The summed E-state index contributed by atoms with van der Waals surface area (Å²) in [6.45, 7) is 3.84. The van der Waals surface area contributed by atoms with Gasteiger partial charge in [0.05, 0.1) is 22.1 Å². The molecule has 0 fully saturated rings. The smallest absolute Gasteiger partial charge is 0.336 e. The molecule has 0 spiro atoms. The highest BCUT2D eigenvalue weighted by molar-refractivity contribution is 8.00. The van der Waals surface area contributed by atoms with Crippen LogP contribution in [0.1, 0.15) is 33.2 Å². The Morgan fingerprint density at radius 2 is 1.58 bits per heavy atom. The fourth-order valence-corrected chi connectivity index (χ4v) is 4.93. The van der Waals surface area contributed by atoms with Crippen molar-refractivity contribution in [1.82, 2.24) is 4.98 Å². The zero-order valence-corrected chi connectivity index (χ0v) is 21.2. The van der Waals surface area contributed by atoms with Gasteiger partial charge in [-0.25, -0.2) is 9.78 Å². The quantitative estimate of drug-likeness (QED) is 0.241. The summed E-state index contributed by atoms with van der Waals surface area (Å²) in [7, 11) is 0. The first-order chi connectivity index (χ1) is 17.3. The average molecular weight is 518 g/mol. The van der Waals surface area contributed by atoms with E-state index in [-0.39, 0.29) is 22.3 Å². The van der Waals surface area contributed by atoms with Crippen molar-refractivity contribution in [2.45, 2.75) is 24.0 Å². The molecular formula is C27H23N3O4S2. The van der Waals surface area contributed by atoms with Crippen LogP contribution in [0.25, 0.3) is 11.3 Å². The van der Waals surface area contributed by atoms with E-state index in [1.54, 1.807) is 36.4 Å². The Balaban J connectivity index is 1.33. The van der Waals surface area contributed by atoms with E-state index in [1.807, 2.05) is 43.5 Å². The van der Waals surface area contributed by atoms with Crippen molar-refractivity contribution in [3.63, 3.8) is 0 Å². The van der Waals surface area contributed by atoms with Crippen LogP contribution in [0.3, 0.4) is 0 Å². The Bertz CT molecular complexity index is 1400. The zero-order valence-electron chi connectivity index (χ0n) is 19.5. The van der Waals surface area contributed by atoms with Gasteiger partial charge in [-0.1, -0.05) is 42.0 Å². The summed E-state index contributed by atoms with van der Waals surface area (Å²) in [6.07, 6.45) is 0. The summed E-state index contributed by atoms with van der Waals surface area (Å²) in [5.74, 6) is -1.83. The van der Waals surface area contributed by atoms with E-state index in [4.69, 9.17) is 0 Å². The van der Waals surface area contributed by atoms with Crippen LogP contribution in [0.4, 0.5) is 10.8 Å². The molecule has 0 aliphatic carbocycles. The molecule has 1 heterocycles. The number of thioether (sulfide) groups is 1. The lowest BCUT2D eigenvalue weighted by Gasteiger charge is -2.12. The molecule has 7 nitrogen and oxygen atoms in total. The molecule has 9 heteroatoms. The van der Waals surface area contributed by atoms with Crippen LogP contribution in [-0.4, -0.2) is 33.1 Å². The average Bonchev–Trinajstić information content (AvgIpc) is 3.34. The second kappa shape index (κ2) is 11.2. The molecule has 2 amide bonds. The third kappa shape index (κ3) is 6.18. The van der Waals surface area contributed by atoms with E-state index in [2.05, 4.69) is 15.6 Å². The molecule has 1 atom stereocenters. The van der Waals surface area contributed by atoms with Gasteiger partial charge in [-0.15, -0.1) is 23.1 Å². The summed E-state index contributed by atoms with van der Waals surface area (Å²) in [5.41, 5.74) is 3.53. The third-order valence-electron chi connectivity index (χ3n) is 5.28. The van der Waals surface area contributed by atoms with Crippen LogP contribution in [0.2, 0.25) is 0 Å². The van der Waals surface area contributed by atoms with E-state index < -0.39 is 11.9 Å². The van der Waals surface area contributed by atoms with Crippen LogP contribution in [0.15, 0.2) is 83.1 Å². The van der Waals surface area contributed by atoms with Crippen molar-refractivity contribution in [3.05, 3.63) is 94.9 Å². The van der Waals surface area contributed by atoms with Gasteiger partial charge in [-0.2, -0.15) is 0 Å². The van der Waals surface area contributed by atoms with Crippen LogP contribution in [0, 0.1) is 6.92 Å². The number of nitrogens with one attached hydrogen (secondary N) is 2. The van der Waals surface area contributed by atoms with Gasteiger partial charge in [-0.05, 0) is 50.2 Å². The molecule has 1 aromatic heterocycles. The first-order valence-electron chi connectivity index (χ1n) is 11.0. The van der Waals surface area contributed by atoms with Gasteiger partial charge >= 0.3 is 5.97 Å². The van der Waals surface area contributed by atoms with Crippen LogP contribution in [-0.2, 0) is 4.79 Å². The maximum Gasteiger partial charge on any atom is 0.336 e. The lowest BCUT2D eigenvalue weighted by atomic mass is 10.1. The summed E-state index contributed by atoms with van der Waals surface area (Å²) in [6, 6.07) is 21.1. The Labute approximate surface area is 216 Å². The molecule has 0 bridgehead atoms. The van der Waals surface area contributed by atoms with E-state index in [1.165, 1.54) is 40.8 Å². The van der Waals surface area contributed by atoms with Gasteiger partial charge in [-0.3, -0.25) is 9.59 Å². The highest BCUT2D eigenvalue weighted by Gasteiger charge is 2.18. The lowest BCUT2D eigenvalue weighted by Crippen LogP contribution is -2.22. The molecule has 3 N–H and O–H groups in total. The number of rotatable bonds is 8. The standard InChI is InChI=1S/C27H23N3O4S2/c1-16-7-9-18(10-8-16)23-15-35-27(29-23)30-24(31)17(2)36-20-13-11-19(12-14-20)28-25(32)21-5-3-4-6-22(21)26(33)34/h3-15,17H,1-2H3,(H,28,32)(H,33,34)(H,29,30,31). The van der Waals surface area contributed by atoms with E-state index in [9.17, 15) is 19.5 Å². The van der Waals surface area contributed by atoms with Crippen molar-refractivity contribution in [2.75, 3.05) is 10.6 Å². The Morgan fingerprint density at radius 1 is 0.917 bits per heavy atom. The van der Waals surface area contributed by atoms with E-state index in [0.717, 1.165) is 16.2 Å². The molecule has 0 radical (unpaired) electrons. The maximum atomic E-state index is 12.7. The largest absolute Gasteiger partial charge is 0.478 e. The third-order valence-corrected chi connectivity index (χ3v) is 7.15. The molecule has 1 unspecified atom stereocenters. The number of aryl methyl sites for hydroxylation is 1. The topological polar surface area (TPSA) is 108 Å². The maximum absolute atomic E-state index is 12.7. The fraction of sp³-hybridized carbons (Fsp3) is 0.111. The number of thiazole rings is 1. The molecule has 0 saturated carbocycles. The molecule has 0 aliphatic rings. The number of aromatic carboxylic acids is 1. The number of amides is 2. The number of hydrogen-bond acceptors (Lipinski definition) is 6. The summed E-state index contributed by atoms with van der Waals surface area (Å²) in [5, 5.41) is 17.0. The van der Waals surface area contributed by atoms with E-state index >= 15 is 0 Å². The normalized spacial score (nSPS) is 11.5. The van der Waals surface area contributed by atoms with Crippen molar-refractivity contribution in [3.8, 4) is 11.3 Å². The first-order valence-corrected chi connectivity index (χ1v) is 12.8. The second-order valence-corrected chi connectivity index (χ2v) is 10.3. The highest BCUT2D eigenvalue weighted by Crippen LogP contribution is 2.28. The number of anilines is 2. The van der Waals surface area contributed by atoms with Crippen LogP contribution < -0.4 is 10.6 Å². The number of carbonyl (C=O) groups is 3. The van der Waals surface area contributed by atoms with Crippen molar-refractivity contribution < 1.29 is 19.5 Å². The molecular weight excluding hydrogens is 494 g/mol. The van der Waals surface area contributed by atoms with Gasteiger partial charge in [0.25, 0.3) is 5.91 Å². The molecule has 3 aromatic carbocycles. The minimum atomic E-state index is -1.16. The number of carboxylic acids is 1. The second-order valence-electron chi connectivity index (χ2n) is 7.98. The Kier molecular flexibility index (Phi) is 7.82. The number of aromatic nitrogens is 1. The van der Waals surface area contributed by atoms with Crippen molar-refractivity contribution >= 4 is 51.7 Å². The van der Waals surface area contributed by atoms with Crippen molar-refractivity contribution in [1.29, 1.82) is 0 Å². The fourth-order valence-electron chi connectivity index (χ4n) is 3.34. The predicted octanol–water partition coefficient (Wildman–Crippen LogP) is 6.19. The molecule has 4 rings (SSSR count). The Hall–Kier alpha value is -3.95. The number of carbonyl (C=O) groups excluding carboxylic acids is 2. The Morgan fingerprint density at radius 3 is 2.25 bits per heavy atom. The van der Waals surface area contributed by atoms with Crippen LogP contribution in [0.5, 0.6) is 0 Å². The summed E-state index contributed by atoms with van der Waals surface area (Å²) in [4.78, 5) is 42.0. The number of hydrogen-bond donors (Lipinski definition) is 3. The van der Waals surface area contributed by atoms with Crippen molar-refractivity contribution in [2.24, 2.45) is 0 Å². The van der Waals surface area contributed by atoms with Gasteiger partial charge < -0.3 is 15.7 Å². The summed E-state index contributed by atoms with van der Waals surface area (Å²) < 4.78 is 0. The van der Waals surface area contributed by atoms with Gasteiger partial charge in [0, 0.05) is 21.5 Å². The molecule has 36 heavy (non-hydrogen) atoms. The van der Waals surface area contributed by atoms with Gasteiger partial charge in [0.2, 0.25) is 5.91 Å². The van der Waals surface area contributed by atoms with Gasteiger partial charge in [0.1, 0.15) is 0 Å². The lowest BCUT2D eigenvalue weighted by molar-refractivity contribution is -0.115. The molecule has 4 aromatic rings. The highest BCUT2D eigenvalue weighted by atomic mass is 32.2. The molecule has 182 valence electrons. The summed E-state index contributed by atoms with van der Waals surface area (Å²) >= 11 is 2.76. The molecule has 0 saturated heterocycles. The minimum Gasteiger partial charge on any atom is -0.478 e. The van der Waals surface area contributed by atoms with Gasteiger partial charge in [0.15, 0.2) is 5.13 Å². The minimum absolute atomic E-state index is 0.0618. The zero-order chi connectivity index (χ0) is 25.7. The van der Waals surface area contributed by atoms with Crippen LogP contribution >= 0.6 is 23.1 Å². The number of nitrogens with zero attached hydrogens (tertiary/aromatic N) is 1. The SMILES string of the molecule is Cc1ccc(-c2csc(NC(=O)C(C)Sc3ccc(NC(=O)c4ccccc4C(=O)O)cc3)n2)cc1. The number of benzene rings is 3. The predicted molar refractivity (Wildman–Crippen MR) is 144 cm³/mol. The molecule has 0 aliphatic heterocycles. The van der Waals surface area contributed by atoms with E-state index in [0.29, 0.717) is 10.8 Å².